The maximum Gasteiger partial charge on any atom is 0.305 e. The Bertz CT molecular complexity index is 1750. The van der Waals surface area contributed by atoms with Crippen LogP contribution in [0.3, 0.4) is 0 Å². The lowest BCUT2D eigenvalue weighted by Gasteiger charge is -2.17. The van der Waals surface area contributed by atoms with Gasteiger partial charge in [-0.2, -0.15) is 0 Å². The molecular weight excluding hydrogens is 588 g/mol. The van der Waals surface area contributed by atoms with Crippen molar-refractivity contribution in [2.45, 2.75) is 92.9 Å². The molecule has 6 rings (SSSR count). The molecule has 0 aromatic carbocycles. The minimum absolute atomic E-state index is 0.0228. The first-order chi connectivity index (χ1) is 22.7. The zero-order chi connectivity index (χ0) is 33.4. The molecule has 47 heavy (non-hydrogen) atoms. The van der Waals surface area contributed by atoms with Gasteiger partial charge in [0.25, 0.3) is 0 Å². The van der Waals surface area contributed by atoms with E-state index in [9.17, 15) is 9.90 Å². The summed E-state index contributed by atoms with van der Waals surface area (Å²) in [5.74, 6) is 0.214. The Labute approximate surface area is 278 Å². The van der Waals surface area contributed by atoms with Gasteiger partial charge in [-0.15, -0.1) is 0 Å². The van der Waals surface area contributed by atoms with Crippen LogP contribution >= 0.6 is 0 Å². The summed E-state index contributed by atoms with van der Waals surface area (Å²) in [6, 6.07) is 0. The summed E-state index contributed by atoms with van der Waals surface area (Å²) in [6.45, 7) is 14.1. The van der Waals surface area contributed by atoms with Crippen LogP contribution in [0.25, 0.3) is 0 Å². The van der Waals surface area contributed by atoms with Crippen LogP contribution in [0, 0.1) is 11.8 Å². The lowest BCUT2D eigenvalue weighted by atomic mass is 9.86. The fourth-order valence-electron chi connectivity index (χ4n) is 7.52. The number of fused-ring (bicyclic) bond motifs is 5. The number of hydrogen-bond acceptors (Lipinski definition) is 8. The van der Waals surface area contributed by atoms with Gasteiger partial charge >= 0.3 is 5.97 Å². The van der Waals surface area contributed by atoms with Gasteiger partial charge in [0.1, 0.15) is 5.76 Å². The largest absolute Gasteiger partial charge is 0.511 e. The van der Waals surface area contributed by atoms with Gasteiger partial charge in [-0.25, -0.2) is 15.0 Å². The molecule has 0 saturated carbocycles. The second kappa shape index (κ2) is 13.6. The summed E-state index contributed by atoms with van der Waals surface area (Å²) in [5.41, 5.74) is 14.6. The molecule has 5 aliphatic heterocycles. The van der Waals surface area contributed by atoms with Crippen molar-refractivity contribution in [2.24, 2.45) is 26.8 Å². The van der Waals surface area contributed by atoms with Gasteiger partial charge < -0.3 is 19.9 Å². The van der Waals surface area contributed by atoms with E-state index in [0.29, 0.717) is 31.6 Å². The minimum atomic E-state index is -0.227. The van der Waals surface area contributed by atoms with Crippen LogP contribution in [0.2, 0.25) is 0 Å². The van der Waals surface area contributed by atoms with E-state index in [1.54, 1.807) is 0 Å². The first kappa shape index (κ1) is 32.9. The molecule has 1 unspecified atom stereocenters. The molecule has 8 heteroatoms. The predicted molar refractivity (Wildman–Crippen MR) is 188 cm³/mol. The highest BCUT2D eigenvalue weighted by Gasteiger charge is 2.41. The lowest BCUT2D eigenvalue weighted by Crippen LogP contribution is -2.16. The van der Waals surface area contributed by atoms with Crippen molar-refractivity contribution in [3.05, 3.63) is 91.5 Å². The summed E-state index contributed by atoms with van der Waals surface area (Å²) in [6.07, 6.45) is 13.2. The smallest absolute Gasteiger partial charge is 0.305 e. The molecule has 1 aliphatic carbocycles. The molecule has 248 valence electrons. The molecule has 0 aromatic rings. The van der Waals surface area contributed by atoms with Crippen LogP contribution in [0.4, 0.5) is 0 Å². The van der Waals surface area contributed by atoms with E-state index < -0.39 is 0 Å². The Kier molecular flexibility index (Phi) is 9.51. The second-order valence-electron chi connectivity index (χ2n) is 13.3. The number of ether oxygens (including phenoxy) is 2. The van der Waals surface area contributed by atoms with Gasteiger partial charge in [0.05, 0.1) is 47.9 Å². The number of carbonyl (C=O) groups excluding carboxylic acids is 1. The zero-order valence-corrected chi connectivity index (χ0v) is 29.0. The van der Waals surface area contributed by atoms with E-state index in [2.05, 4.69) is 58.2 Å². The van der Waals surface area contributed by atoms with Crippen LogP contribution in [-0.2, 0) is 14.3 Å². The van der Waals surface area contributed by atoms with Gasteiger partial charge in [-0.3, -0.25) is 4.79 Å². The van der Waals surface area contributed by atoms with Gasteiger partial charge in [0.2, 0.25) is 0 Å². The minimum Gasteiger partial charge on any atom is -0.511 e. The van der Waals surface area contributed by atoms with Crippen molar-refractivity contribution in [3.63, 3.8) is 0 Å². The summed E-state index contributed by atoms with van der Waals surface area (Å²) in [7, 11) is 1.43. The number of rotatable bonds is 11. The van der Waals surface area contributed by atoms with Gasteiger partial charge in [0.15, 0.2) is 0 Å². The van der Waals surface area contributed by atoms with Gasteiger partial charge in [-0.1, -0.05) is 40.0 Å². The van der Waals surface area contributed by atoms with Crippen LogP contribution < -0.4 is 5.32 Å². The molecule has 2 atom stereocenters. The number of allylic oxidation sites excluding steroid dienone is 11. The number of unbranched alkanes of at least 4 members (excludes halogenated alkanes) is 3. The highest BCUT2D eigenvalue weighted by atomic mass is 16.5. The van der Waals surface area contributed by atoms with Crippen molar-refractivity contribution < 1.29 is 19.4 Å². The normalized spacial score (nSPS) is 23.4. The number of nitrogens with zero attached hydrogens (tertiary/aromatic N) is 3. The fraction of sp³-hybridized carbons (Fsp3) is 0.487. The van der Waals surface area contributed by atoms with Crippen molar-refractivity contribution in [3.8, 4) is 0 Å². The maximum absolute atomic E-state index is 12.3. The number of methoxy groups -OCH3 is 1. The lowest BCUT2D eigenvalue weighted by molar-refractivity contribution is -0.140. The number of nitrogens with one attached hydrogen (secondary N) is 1. The monoisotopic (exact) mass is 636 g/mol. The Balaban J connectivity index is 1.49. The number of esters is 1. The Morgan fingerprint density at radius 1 is 0.957 bits per heavy atom. The van der Waals surface area contributed by atoms with Crippen LogP contribution in [0.15, 0.2) is 106 Å². The van der Waals surface area contributed by atoms with Crippen molar-refractivity contribution in [2.75, 3.05) is 20.3 Å². The summed E-state index contributed by atoms with van der Waals surface area (Å²) in [5, 5.41) is 15.0. The highest BCUT2D eigenvalue weighted by Crippen LogP contribution is 2.46. The first-order valence-electron chi connectivity index (χ1n) is 17.3. The predicted octanol–water partition coefficient (Wildman–Crippen LogP) is 8.21. The second-order valence-corrected chi connectivity index (χ2v) is 13.3. The molecule has 8 bridgehead atoms. The first-order valence-corrected chi connectivity index (χ1v) is 17.3. The number of aliphatic imine (C=N–C) groups is 3. The number of carbonyl (C=O) groups is 1. The molecule has 6 aliphatic rings. The molecule has 0 radical (unpaired) electrons. The molecule has 0 aromatic heterocycles. The van der Waals surface area contributed by atoms with E-state index in [4.69, 9.17) is 24.5 Å². The zero-order valence-electron chi connectivity index (χ0n) is 29.0. The summed E-state index contributed by atoms with van der Waals surface area (Å²) in [4.78, 5) is 27.8. The van der Waals surface area contributed by atoms with Crippen molar-refractivity contribution in [1.29, 1.82) is 0 Å². The van der Waals surface area contributed by atoms with E-state index in [0.717, 1.165) is 98.5 Å². The molecule has 0 amide bonds. The number of hydrogen-bond donors (Lipinski definition) is 2. The molecular formula is C39H48N4O4. The van der Waals surface area contributed by atoms with Crippen molar-refractivity contribution in [1.82, 2.24) is 5.32 Å². The third-order valence-corrected chi connectivity index (χ3v) is 10.5. The van der Waals surface area contributed by atoms with E-state index in [-0.39, 0.29) is 17.8 Å². The molecule has 0 spiro atoms. The van der Waals surface area contributed by atoms with Gasteiger partial charge in [0, 0.05) is 59.4 Å². The number of aliphatic hydroxyl groups excluding tert-OH is 1. The van der Waals surface area contributed by atoms with Crippen LogP contribution in [-0.4, -0.2) is 48.5 Å². The van der Waals surface area contributed by atoms with E-state index >= 15 is 0 Å². The molecule has 2 N–H and O–H groups in total. The maximum atomic E-state index is 12.3. The van der Waals surface area contributed by atoms with E-state index in [1.165, 1.54) is 31.9 Å². The Hall–Kier alpha value is -4.04. The summed E-state index contributed by atoms with van der Waals surface area (Å²) < 4.78 is 11.3. The van der Waals surface area contributed by atoms with Crippen LogP contribution in [0.5, 0.6) is 0 Å². The third kappa shape index (κ3) is 6.08. The van der Waals surface area contributed by atoms with Crippen LogP contribution in [0.1, 0.15) is 92.9 Å². The fourth-order valence-corrected chi connectivity index (χ4v) is 7.52. The molecule has 5 heterocycles. The average molecular weight is 637 g/mol. The van der Waals surface area contributed by atoms with E-state index in [1.807, 2.05) is 6.92 Å². The summed E-state index contributed by atoms with van der Waals surface area (Å²) >= 11 is 0. The highest BCUT2D eigenvalue weighted by molar-refractivity contribution is 6.21. The SMILES string of the molecule is CCCCCCOCC1=C(C)C2=NC1=CC1=NC(=CC3=C(C)C4=C(O)CC(=C5NC(=C2)C(C)[C@@H]5CCC(=O)OC)C4=N3)C(CC)=C1C. The standard InChI is InChI=1S/C39H48N4O4/c1-8-10-11-12-15-47-20-28-23(5)29-17-31-22(4)26(13-14-36(45)46-7)38(42-31)27-16-35(44)37-24(6)32(43-39(27)37)19-33-25(9-2)21(3)30(40-33)18-34(28)41-29/h17-19,22,26,42,44H,8-16,20H2,1-7H3/t22?,26-/m0/s1. The number of aliphatic hydroxyl groups is 1. The van der Waals surface area contributed by atoms with Crippen molar-refractivity contribution >= 4 is 23.1 Å². The Morgan fingerprint density at radius 3 is 2.40 bits per heavy atom. The average Bonchev–Trinajstić information content (AvgIpc) is 3.80. The van der Waals surface area contributed by atoms with Gasteiger partial charge in [-0.05, 0) is 80.6 Å². The quantitative estimate of drug-likeness (QED) is 0.176. The third-order valence-electron chi connectivity index (χ3n) is 10.5. The Morgan fingerprint density at radius 2 is 1.68 bits per heavy atom. The molecule has 8 nitrogen and oxygen atoms in total. The molecule has 1 fully saturated rings. The topological polar surface area (TPSA) is 105 Å². The molecule has 1 saturated heterocycles.